The molecule has 0 radical (unpaired) electrons. The third-order valence-corrected chi connectivity index (χ3v) is 4.07. The number of aliphatic hydroxyl groups excluding tert-OH is 3. The van der Waals surface area contributed by atoms with Crippen molar-refractivity contribution in [3.8, 4) is 0 Å². The van der Waals surface area contributed by atoms with Gasteiger partial charge in [-0.05, 0) is 5.56 Å². The van der Waals surface area contributed by atoms with E-state index in [2.05, 4.69) is 0 Å². The van der Waals surface area contributed by atoms with Crippen LogP contribution in [0.3, 0.4) is 0 Å². The molecule has 3 N–H and O–H groups in total. The van der Waals surface area contributed by atoms with Crippen LogP contribution in [0.15, 0.2) is 52.2 Å². The second kappa shape index (κ2) is 6.70. The van der Waals surface area contributed by atoms with Gasteiger partial charge in [0.05, 0.1) is 13.2 Å². The maximum absolute atomic E-state index is 12.6. The molecule has 1 saturated heterocycles. The summed E-state index contributed by atoms with van der Waals surface area (Å²) in [6.07, 6.45) is -3.66. The van der Waals surface area contributed by atoms with E-state index >= 15 is 0 Å². The summed E-state index contributed by atoms with van der Waals surface area (Å²) in [4.78, 5) is 24.7. The van der Waals surface area contributed by atoms with Crippen LogP contribution >= 0.6 is 0 Å². The normalized spacial score (nSPS) is 26.6. The van der Waals surface area contributed by atoms with Gasteiger partial charge in [-0.2, -0.15) is 0 Å². The molecule has 0 aliphatic carbocycles. The van der Waals surface area contributed by atoms with E-state index in [0.29, 0.717) is 0 Å². The molecule has 0 unspecified atom stereocenters. The van der Waals surface area contributed by atoms with Crippen LogP contribution < -0.4 is 11.2 Å². The number of hydrogen-bond acceptors (Lipinski definition) is 6. The highest BCUT2D eigenvalue weighted by Gasteiger charge is 2.43. The Morgan fingerprint density at radius 3 is 2.38 bits per heavy atom. The van der Waals surface area contributed by atoms with Crippen LogP contribution in [0.1, 0.15) is 11.8 Å². The Morgan fingerprint density at radius 2 is 1.75 bits per heavy atom. The molecule has 2 heterocycles. The fraction of sp³-hybridized carbons (Fsp3) is 0.375. The molecule has 1 aromatic carbocycles. The van der Waals surface area contributed by atoms with Crippen LogP contribution in [-0.4, -0.2) is 49.4 Å². The zero-order valence-corrected chi connectivity index (χ0v) is 12.7. The maximum Gasteiger partial charge on any atom is 0.333 e. The largest absolute Gasteiger partial charge is 0.394 e. The highest BCUT2D eigenvalue weighted by Crippen LogP contribution is 2.27. The predicted octanol–water partition coefficient (Wildman–Crippen LogP) is -1.33. The minimum atomic E-state index is -1.39. The van der Waals surface area contributed by atoms with Gasteiger partial charge in [0.15, 0.2) is 6.23 Å². The van der Waals surface area contributed by atoms with Gasteiger partial charge in [0.1, 0.15) is 18.3 Å². The molecular weight excluding hydrogens is 316 g/mol. The van der Waals surface area contributed by atoms with E-state index in [-0.39, 0.29) is 6.54 Å². The first-order chi connectivity index (χ1) is 11.5. The lowest BCUT2D eigenvalue weighted by molar-refractivity contribution is -0.0555. The van der Waals surface area contributed by atoms with E-state index in [4.69, 9.17) is 9.84 Å². The maximum atomic E-state index is 12.6. The van der Waals surface area contributed by atoms with Gasteiger partial charge < -0.3 is 20.1 Å². The van der Waals surface area contributed by atoms with E-state index < -0.39 is 42.4 Å². The first kappa shape index (κ1) is 16.6. The zero-order chi connectivity index (χ0) is 17.3. The Kier molecular flexibility index (Phi) is 4.63. The molecule has 0 saturated carbocycles. The Balaban J connectivity index is 1.98. The third-order valence-electron chi connectivity index (χ3n) is 4.07. The van der Waals surface area contributed by atoms with E-state index in [1.54, 1.807) is 24.3 Å². The van der Waals surface area contributed by atoms with Gasteiger partial charge in [-0.3, -0.25) is 13.9 Å². The lowest BCUT2D eigenvalue weighted by atomic mass is 10.1. The van der Waals surface area contributed by atoms with Crippen LogP contribution in [0, 0.1) is 0 Å². The van der Waals surface area contributed by atoms with Crippen LogP contribution in [0.2, 0.25) is 0 Å². The molecule has 128 valence electrons. The Hall–Kier alpha value is -2.26. The van der Waals surface area contributed by atoms with Gasteiger partial charge in [0.25, 0.3) is 5.56 Å². The van der Waals surface area contributed by atoms with Crippen LogP contribution in [0.25, 0.3) is 0 Å². The molecule has 2 aromatic rings. The Morgan fingerprint density at radius 1 is 1.04 bits per heavy atom. The van der Waals surface area contributed by atoms with Crippen LogP contribution in [-0.2, 0) is 11.3 Å². The number of benzene rings is 1. The molecule has 0 amide bonds. The van der Waals surface area contributed by atoms with Crippen molar-refractivity contribution < 1.29 is 20.1 Å². The van der Waals surface area contributed by atoms with Crippen molar-refractivity contribution in [2.45, 2.75) is 31.1 Å². The summed E-state index contributed by atoms with van der Waals surface area (Å²) in [6.45, 7) is -0.415. The van der Waals surface area contributed by atoms with Crippen molar-refractivity contribution in [3.63, 3.8) is 0 Å². The number of rotatable bonds is 4. The minimum Gasteiger partial charge on any atom is -0.394 e. The van der Waals surface area contributed by atoms with Crippen molar-refractivity contribution in [2.24, 2.45) is 0 Å². The van der Waals surface area contributed by atoms with E-state index in [0.717, 1.165) is 14.7 Å². The average molecular weight is 334 g/mol. The van der Waals surface area contributed by atoms with Crippen LogP contribution in [0.4, 0.5) is 0 Å². The molecule has 1 aromatic heterocycles. The van der Waals surface area contributed by atoms with Gasteiger partial charge in [-0.1, -0.05) is 30.3 Å². The molecule has 8 heteroatoms. The predicted molar refractivity (Wildman–Crippen MR) is 83.5 cm³/mol. The third kappa shape index (κ3) is 2.92. The molecule has 0 bridgehead atoms. The molecule has 24 heavy (non-hydrogen) atoms. The zero-order valence-electron chi connectivity index (χ0n) is 12.7. The van der Waals surface area contributed by atoms with Gasteiger partial charge in [-0.15, -0.1) is 0 Å². The smallest absolute Gasteiger partial charge is 0.333 e. The molecule has 1 aliphatic heterocycles. The monoisotopic (exact) mass is 334 g/mol. The molecule has 1 aliphatic rings. The van der Waals surface area contributed by atoms with Crippen molar-refractivity contribution in [3.05, 3.63) is 69.0 Å². The van der Waals surface area contributed by atoms with E-state index in [9.17, 15) is 19.8 Å². The summed E-state index contributed by atoms with van der Waals surface area (Å²) in [6, 6.07) is 10.2. The topological polar surface area (TPSA) is 114 Å². The molecule has 0 spiro atoms. The quantitative estimate of drug-likeness (QED) is 0.638. The lowest BCUT2D eigenvalue weighted by Gasteiger charge is -2.18. The summed E-state index contributed by atoms with van der Waals surface area (Å²) in [5.74, 6) is 0. The van der Waals surface area contributed by atoms with Crippen molar-refractivity contribution >= 4 is 0 Å². The van der Waals surface area contributed by atoms with Crippen molar-refractivity contribution in [2.75, 3.05) is 6.61 Å². The Bertz CT molecular complexity index is 815. The van der Waals surface area contributed by atoms with Crippen LogP contribution in [0.5, 0.6) is 0 Å². The SMILES string of the molecule is O=c1ccn([C@H]2O[C@H](CO)[C@@H](O)[C@H]2O)c(=O)n1Cc1ccccc1. The second-order valence-electron chi connectivity index (χ2n) is 5.64. The first-order valence-electron chi connectivity index (χ1n) is 7.51. The second-order valence-corrected chi connectivity index (χ2v) is 5.64. The summed E-state index contributed by atoms with van der Waals surface area (Å²) < 4.78 is 7.41. The highest BCUT2D eigenvalue weighted by atomic mass is 16.6. The first-order valence-corrected chi connectivity index (χ1v) is 7.51. The molecule has 4 atom stereocenters. The number of ether oxygens (including phenoxy) is 1. The molecule has 8 nitrogen and oxygen atoms in total. The highest BCUT2D eigenvalue weighted by molar-refractivity contribution is 5.15. The summed E-state index contributed by atoms with van der Waals surface area (Å²) in [5.41, 5.74) is -0.372. The Labute approximate surface area is 136 Å². The summed E-state index contributed by atoms with van der Waals surface area (Å²) >= 11 is 0. The van der Waals surface area contributed by atoms with E-state index in [1.807, 2.05) is 6.07 Å². The number of hydrogen-bond donors (Lipinski definition) is 3. The number of aliphatic hydroxyl groups is 3. The lowest BCUT2D eigenvalue weighted by Crippen LogP contribution is -2.43. The van der Waals surface area contributed by atoms with Crippen molar-refractivity contribution in [1.82, 2.24) is 9.13 Å². The molecule has 3 rings (SSSR count). The molecular formula is C16H18N2O6. The van der Waals surface area contributed by atoms with Gasteiger partial charge in [-0.25, -0.2) is 4.79 Å². The average Bonchev–Trinajstić information content (AvgIpc) is 2.88. The molecule has 1 fully saturated rings. The summed E-state index contributed by atoms with van der Waals surface area (Å²) in [5, 5.41) is 29.0. The standard InChI is InChI=1S/C16H18N2O6/c19-9-11-13(21)14(22)15(24-11)17-7-6-12(20)18(16(17)23)8-10-4-2-1-3-5-10/h1-7,11,13-15,19,21-22H,8-9H2/t11-,13-,14-,15+/m1/s1. The van der Waals surface area contributed by atoms with Gasteiger partial charge in [0, 0.05) is 12.3 Å². The fourth-order valence-electron chi connectivity index (χ4n) is 2.75. The van der Waals surface area contributed by atoms with E-state index in [1.165, 1.54) is 12.3 Å². The number of nitrogens with zero attached hydrogens (tertiary/aromatic N) is 2. The minimum absolute atomic E-state index is 0.0775. The number of aromatic nitrogens is 2. The fourth-order valence-corrected chi connectivity index (χ4v) is 2.75. The summed E-state index contributed by atoms with van der Waals surface area (Å²) in [7, 11) is 0. The van der Waals surface area contributed by atoms with Gasteiger partial charge >= 0.3 is 5.69 Å². The van der Waals surface area contributed by atoms with Crippen molar-refractivity contribution in [1.29, 1.82) is 0 Å². The van der Waals surface area contributed by atoms with Gasteiger partial charge in [0.2, 0.25) is 0 Å².